The molecular formula is C41H78O3Si3. The number of hydrogen-bond acceptors (Lipinski definition) is 3. The second-order valence-electron chi connectivity index (χ2n) is 19.9. The van der Waals surface area contributed by atoms with Gasteiger partial charge in [0, 0.05) is 12.0 Å². The fourth-order valence-corrected chi connectivity index (χ4v) is 14.6. The van der Waals surface area contributed by atoms with Gasteiger partial charge in [-0.3, -0.25) is 0 Å². The molecule has 47 heavy (non-hydrogen) atoms. The summed E-state index contributed by atoms with van der Waals surface area (Å²) in [6.45, 7) is 37.3. The summed E-state index contributed by atoms with van der Waals surface area (Å²) in [7, 11) is -5.37. The maximum atomic E-state index is 7.37. The lowest BCUT2D eigenvalue weighted by Crippen LogP contribution is -2.54. The van der Waals surface area contributed by atoms with Crippen molar-refractivity contribution in [2.75, 3.05) is 6.61 Å². The van der Waals surface area contributed by atoms with Gasteiger partial charge in [-0.1, -0.05) is 99.5 Å². The van der Waals surface area contributed by atoms with Crippen LogP contribution in [0.3, 0.4) is 0 Å². The molecule has 1 spiro atoms. The molecule has 272 valence electrons. The Bertz CT molecular complexity index is 1070. The van der Waals surface area contributed by atoms with Crippen LogP contribution in [-0.2, 0) is 13.3 Å². The van der Waals surface area contributed by atoms with Gasteiger partial charge in [-0.2, -0.15) is 0 Å². The molecular weight excluding hydrogens is 625 g/mol. The Labute approximate surface area is 296 Å². The van der Waals surface area contributed by atoms with Crippen LogP contribution < -0.4 is 0 Å². The second-order valence-corrected chi connectivity index (χ2v) is 34.2. The fourth-order valence-electron chi connectivity index (χ4n) is 9.14. The maximum Gasteiger partial charge on any atom is 0.192 e. The van der Waals surface area contributed by atoms with Gasteiger partial charge in [0.2, 0.25) is 0 Å². The molecule has 4 fully saturated rings. The molecule has 0 amide bonds. The molecule has 0 saturated heterocycles. The van der Waals surface area contributed by atoms with E-state index in [1.165, 1.54) is 56.7 Å². The Morgan fingerprint density at radius 2 is 1.30 bits per heavy atom. The molecule has 4 aliphatic carbocycles. The van der Waals surface area contributed by atoms with Gasteiger partial charge < -0.3 is 13.3 Å². The van der Waals surface area contributed by atoms with E-state index in [9.17, 15) is 0 Å². The quantitative estimate of drug-likeness (QED) is 0.189. The molecule has 0 bridgehead atoms. The highest BCUT2D eigenvalue weighted by Gasteiger charge is 2.61. The smallest absolute Gasteiger partial charge is 0.192 e. The normalized spacial score (nSPS) is 31.7. The molecule has 0 radical (unpaired) electrons. The zero-order valence-electron chi connectivity index (χ0n) is 33.9. The van der Waals surface area contributed by atoms with Crippen molar-refractivity contribution in [2.24, 2.45) is 35.0 Å². The monoisotopic (exact) mass is 703 g/mol. The predicted octanol–water partition coefficient (Wildman–Crippen LogP) is 12.9. The molecule has 4 saturated carbocycles. The highest BCUT2D eigenvalue weighted by atomic mass is 28.4. The molecule has 0 unspecified atom stereocenters. The summed E-state index contributed by atoms with van der Waals surface area (Å²) in [4.78, 5) is 0. The van der Waals surface area contributed by atoms with Crippen molar-refractivity contribution in [3.63, 3.8) is 0 Å². The van der Waals surface area contributed by atoms with Crippen molar-refractivity contribution >= 4 is 25.0 Å². The number of rotatable bonds is 12. The Morgan fingerprint density at radius 3 is 1.74 bits per heavy atom. The summed E-state index contributed by atoms with van der Waals surface area (Å²) in [6, 6.07) is 3.77. The Hall–Kier alpha value is 0.0106. The summed E-state index contributed by atoms with van der Waals surface area (Å²) in [5.41, 5.74) is 3.53. The van der Waals surface area contributed by atoms with Crippen LogP contribution >= 0.6 is 0 Å². The van der Waals surface area contributed by atoms with E-state index in [0.717, 1.165) is 43.1 Å². The van der Waals surface area contributed by atoms with Gasteiger partial charge in [0.25, 0.3) is 0 Å². The van der Waals surface area contributed by atoms with Crippen LogP contribution in [0, 0.1) is 35.0 Å². The van der Waals surface area contributed by atoms with Crippen LogP contribution in [0.2, 0.25) is 54.4 Å². The van der Waals surface area contributed by atoms with Crippen molar-refractivity contribution in [3.8, 4) is 0 Å². The summed E-state index contributed by atoms with van der Waals surface area (Å²) < 4.78 is 21.6. The van der Waals surface area contributed by atoms with E-state index >= 15 is 0 Å². The molecule has 7 atom stereocenters. The van der Waals surface area contributed by atoms with Gasteiger partial charge in [0.05, 0.1) is 12.2 Å². The summed E-state index contributed by atoms with van der Waals surface area (Å²) in [6.07, 6.45) is 15.9. The molecule has 3 nitrogen and oxygen atoms in total. The van der Waals surface area contributed by atoms with Gasteiger partial charge in [-0.05, 0) is 135 Å². The molecule has 0 aromatic rings. The van der Waals surface area contributed by atoms with E-state index in [2.05, 4.69) is 115 Å². The average Bonchev–Trinajstić information content (AvgIpc) is 3.64. The van der Waals surface area contributed by atoms with E-state index in [-0.39, 0.29) is 27.7 Å². The first kappa shape index (κ1) is 39.8. The van der Waals surface area contributed by atoms with Gasteiger partial charge in [0.1, 0.15) is 0 Å². The molecule has 0 aliphatic heterocycles. The Kier molecular flexibility index (Phi) is 12.3. The van der Waals surface area contributed by atoms with Gasteiger partial charge >= 0.3 is 0 Å². The summed E-state index contributed by atoms with van der Waals surface area (Å²) >= 11 is 0. The Morgan fingerprint density at radius 1 is 0.787 bits per heavy atom. The SMILES string of the molecule is CC[Si](CC)(CC)OC[C@H](C)[C@@H]1CC[C@H]2/C(=C/C=C3C[C@@H](O[Si](C)(C)C(C)(C)C)C4(CC4)[C@H](O[Si](C)(C)C(C)(C)C)C3)CC[C@H](C)[C@@H]12. The van der Waals surface area contributed by atoms with Crippen LogP contribution in [0.1, 0.15) is 128 Å². The highest BCUT2D eigenvalue weighted by molar-refractivity contribution is 6.74. The minimum absolute atomic E-state index is 0.213. The molecule has 0 aromatic carbocycles. The lowest BCUT2D eigenvalue weighted by atomic mass is 9.67. The molecule has 4 rings (SSSR count). The lowest BCUT2D eigenvalue weighted by molar-refractivity contribution is -0.00939. The molecule has 6 heteroatoms. The van der Waals surface area contributed by atoms with Crippen LogP contribution in [0.25, 0.3) is 0 Å². The maximum absolute atomic E-state index is 7.37. The first-order valence-corrected chi connectivity index (χ1v) is 28.4. The topological polar surface area (TPSA) is 27.7 Å². The van der Waals surface area contributed by atoms with E-state index in [1.807, 2.05) is 0 Å². The van der Waals surface area contributed by atoms with Crippen molar-refractivity contribution < 1.29 is 13.3 Å². The Balaban J connectivity index is 1.57. The van der Waals surface area contributed by atoms with E-state index in [4.69, 9.17) is 13.3 Å². The molecule has 0 heterocycles. The van der Waals surface area contributed by atoms with Crippen LogP contribution in [-0.4, -0.2) is 43.8 Å². The van der Waals surface area contributed by atoms with Crippen LogP contribution in [0.15, 0.2) is 23.3 Å². The van der Waals surface area contributed by atoms with E-state index in [1.54, 1.807) is 11.1 Å². The largest absolute Gasteiger partial charge is 0.417 e. The second kappa shape index (κ2) is 14.6. The van der Waals surface area contributed by atoms with E-state index in [0.29, 0.717) is 5.92 Å². The van der Waals surface area contributed by atoms with Gasteiger partial charge in [-0.25, -0.2) is 0 Å². The summed E-state index contributed by atoms with van der Waals surface area (Å²) in [5.74, 6) is 3.86. The fraction of sp³-hybridized carbons (Fsp3) is 0.902. The van der Waals surface area contributed by atoms with Gasteiger partial charge in [-0.15, -0.1) is 0 Å². The number of allylic oxidation sites excluding steroid dienone is 3. The third-order valence-corrected chi connectivity index (χ3v) is 28.7. The van der Waals surface area contributed by atoms with E-state index < -0.39 is 25.0 Å². The average molecular weight is 703 g/mol. The standard InChI is InChI=1S/C41H78O3Si3/c1-16-47(17-2,18-3)42-29-31(5)34-23-24-35-33(21-19-30(4)38(34)35)22-20-32-27-36(43-45(12,13)39(6,7)8)41(25-26-41)37(28-32)44-46(14,15)40(9,10)11/h20,22,30-31,34-38H,16-19,21,23-29H2,1-15H3/b33-22+/t30-,31-,34-,35-,36+,37+,38-/m0/s1. The minimum Gasteiger partial charge on any atom is -0.417 e. The zero-order chi connectivity index (χ0) is 35.2. The highest BCUT2D eigenvalue weighted by Crippen LogP contribution is 2.62. The number of hydrogen-bond donors (Lipinski definition) is 0. The summed E-state index contributed by atoms with van der Waals surface area (Å²) in [5, 5.41) is 0.426. The zero-order valence-corrected chi connectivity index (χ0v) is 36.9. The predicted molar refractivity (Wildman–Crippen MR) is 212 cm³/mol. The van der Waals surface area contributed by atoms with Crippen molar-refractivity contribution in [1.82, 2.24) is 0 Å². The van der Waals surface area contributed by atoms with Crippen molar-refractivity contribution in [2.45, 2.75) is 194 Å². The number of fused-ring (bicyclic) bond motifs is 1. The molecule has 0 N–H and O–H groups in total. The molecule has 4 aliphatic rings. The third kappa shape index (κ3) is 8.40. The molecule has 0 aromatic heterocycles. The first-order valence-electron chi connectivity index (χ1n) is 20.0. The van der Waals surface area contributed by atoms with Crippen molar-refractivity contribution in [3.05, 3.63) is 23.3 Å². The minimum atomic E-state index is -1.92. The van der Waals surface area contributed by atoms with Crippen molar-refractivity contribution in [1.29, 1.82) is 0 Å². The van der Waals surface area contributed by atoms with Gasteiger partial charge in [0.15, 0.2) is 25.0 Å². The van der Waals surface area contributed by atoms with Crippen LogP contribution in [0.4, 0.5) is 0 Å². The van der Waals surface area contributed by atoms with Crippen LogP contribution in [0.5, 0.6) is 0 Å². The third-order valence-electron chi connectivity index (χ3n) is 15.1. The lowest BCUT2D eigenvalue weighted by Gasteiger charge is -2.49. The first-order chi connectivity index (χ1) is 21.7.